The van der Waals surface area contributed by atoms with Gasteiger partial charge in [0, 0.05) is 13.2 Å². The van der Waals surface area contributed by atoms with Crippen LogP contribution < -0.4 is 0 Å². The van der Waals surface area contributed by atoms with Crippen molar-refractivity contribution in [3.05, 3.63) is 0 Å². The first-order chi connectivity index (χ1) is 7.23. The lowest BCUT2D eigenvalue weighted by atomic mass is 10.3. The maximum absolute atomic E-state index is 5.80. The van der Waals surface area contributed by atoms with Crippen molar-refractivity contribution < 1.29 is 4.74 Å². The van der Waals surface area contributed by atoms with Crippen LogP contribution in [0.4, 0.5) is 0 Å². The van der Waals surface area contributed by atoms with Crippen LogP contribution in [0, 0.1) is 0 Å². The molecule has 0 amide bonds. The highest BCUT2D eigenvalue weighted by Gasteiger charge is 2.17. The third-order valence-corrected chi connectivity index (χ3v) is 2.89. The van der Waals surface area contributed by atoms with Crippen LogP contribution >= 0.6 is 0 Å². The van der Waals surface area contributed by atoms with Crippen molar-refractivity contribution in [1.29, 1.82) is 0 Å². The minimum Gasteiger partial charge on any atom is -0.362 e. The molecule has 1 unspecified atom stereocenters. The first kappa shape index (κ1) is 14.9. The van der Waals surface area contributed by atoms with E-state index in [1.165, 1.54) is 0 Å². The Kier molecular flexibility index (Phi) is 9.06. The fourth-order valence-electron chi connectivity index (χ4n) is 1.80. The summed E-state index contributed by atoms with van der Waals surface area (Å²) in [4.78, 5) is 4.79. The fraction of sp³-hybridized carbons (Fsp3) is 1.00. The average Bonchev–Trinajstić information content (AvgIpc) is 2.27. The summed E-state index contributed by atoms with van der Waals surface area (Å²) < 4.78 is 5.80. The fourth-order valence-corrected chi connectivity index (χ4v) is 1.80. The van der Waals surface area contributed by atoms with E-state index in [4.69, 9.17) is 4.74 Å². The molecule has 0 spiro atoms. The van der Waals surface area contributed by atoms with E-state index >= 15 is 0 Å². The molecule has 0 aliphatic carbocycles. The van der Waals surface area contributed by atoms with Gasteiger partial charge in [-0.15, -0.1) is 0 Å². The number of likely N-dealkylation sites (N-methyl/N-ethyl adjacent to an activating group) is 2. The molecule has 0 fully saturated rings. The number of rotatable bonds is 9. The monoisotopic (exact) mass is 216 g/mol. The Morgan fingerprint density at radius 1 is 0.867 bits per heavy atom. The summed E-state index contributed by atoms with van der Waals surface area (Å²) in [6, 6.07) is 0. The molecular formula is C12H28N2O. The Morgan fingerprint density at radius 2 is 1.40 bits per heavy atom. The Hall–Kier alpha value is -0.120. The van der Waals surface area contributed by atoms with Gasteiger partial charge in [-0.25, -0.2) is 0 Å². The van der Waals surface area contributed by atoms with Crippen LogP contribution in [0.2, 0.25) is 0 Å². The van der Waals surface area contributed by atoms with E-state index in [1.807, 2.05) is 0 Å². The largest absolute Gasteiger partial charge is 0.362 e. The zero-order valence-corrected chi connectivity index (χ0v) is 11.1. The molecule has 0 radical (unpaired) electrons. The summed E-state index contributed by atoms with van der Waals surface area (Å²) in [5, 5.41) is 0. The second-order valence-corrected chi connectivity index (χ2v) is 3.62. The van der Waals surface area contributed by atoms with E-state index in [9.17, 15) is 0 Å². The molecule has 0 aromatic carbocycles. The molecular weight excluding hydrogens is 188 g/mol. The molecule has 0 N–H and O–H groups in total. The number of ether oxygens (including phenoxy) is 1. The minimum absolute atomic E-state index is 0.255. The lowest BCUT2D eigenvalue weighted by Gasteiger charge is -2.33. The minimum atomic E-state index is 0.255. The van der Waals surface area contributed by atoms with Crippen LogP contribution in [0.5, 0.6) is 0 Å². The molecule has 0 rings (SSSR count). The number of hydrogen-bond donors (Lipinski definition) is 0. The Bertz CT molecular complexity index is 134. The van der Waals surface area contributed by atoms with Crippen molar-refractivity contribution in [2.45, 2.75) is 40.8 Å². The van der Waals surface area contributed by atoms with Gasteiger partial charge in [0.15, 0.2) is 0 Å². The van der Waals surface area contributed by atoms with Crippen molar-refractivity contribution in [2.24, 2.45) is 0 Å². The van der Waals surface area contributed by atoms with Crippen molar-refractivity contribution in [3.63, 3.8) is 0 Å². The van der Waals surface area contributed by atoms with Crippen molar-refractivity contribution in [2.75, 3.05) is 39.3 Å². The molecule has 92 valence electrons. The Labute approximate surface area is 95.4 Å². The van der Waals surface area contributed by atoms with Gasteiger partial charge < -0.3 is 4.74 Å². The lowest BCUT2D eigenvalue weighted by molar-refractivity contribution is -0.0664. The predicted octanol–water partition coefficient (Wildman–Crippen LogP) is 2.03. The van der Waals surface area contributed by atoms with E-state index in [1.54, 1.807) is 0 Å². The Morgan fingerprint density at radius 3 is 1.73 bits per heavy atom. The van der Waals surface area contributed by atoms with Crippen molar-refractivity contribution in [3.8, 4) is 0 Å². The van der Waals surface area contributed by atoms with E-state index in [0.29, 0.717) is 0 Å². The molecule has 15 heavy (non-hydrogen) atoms. The lowest BCUT2D eigenvalue weighted by Crippen LogP contribution is -2.45. The van der Waals surface area contributed by atoms with E-state index in [2.05, 4.69) is 44.4 Å². The van der Waals surface area contributed by atoms with Gasteiger partial charge in [0.2, 0.25) is 0 Å². The first-order valence-corrected chi connectivity index (χ1v) is 6.31. The molecule has 1 atom stereocenters. The SMILES string of the molecule is CCOC(CN(CC)CC)N(CC)CC. The summed E-state index contributed by atoms with van der Waals surface area (Å²) in [5.41, 5.74) is 0. The third-order valence-electron chi connectivity index (χ3n) is 2.89. The molecule has 0 aromatic heterocycles. The van der Waals surface area contributed by atoms with Crippen molar-refractivity contribution >= 4 is 0 Å². The van der Waals surface area contributed by atoms with Crippen LogP contribution in [0.15, 0.2) is 0 Å². The quantitative estimate of drug-likeness (QED) is 0.549. The van der Waals surface area contributed by atoms with Gasteiger partial charge >= 0.3 is 0 Å². The van der Waals surface area contributed by atoms with Gasteiger partial charge in [-0.05, 0) is 33.1 Å². The van der Waals surface area contributed by atoms with Gasteiger partial charge in [0.1, 0.15) is 6.23 Å². The molecule has 0 bridgehead atoms. The summed E-state index contributed by atoms with van der Waals surface area (Å²) in [7, 11) is 0. The highest BCUT2D eigenvalue weighted by Crippen LogP contribution is 2.04. The standard InChI is InChI=1S/C12H28N2O/c1-6-13(7-2)11-12(15-10-5)14(8-3)9-4/h12H,6-11H2,1-5H3. The molecule has 0 saturated heterocycles. The first-order valence-electron chi connectivity index (χ1n) is 6.31. The van der Waals surface area contributed by atoms with Crippen LogP contribution in [0.3, 0.4) is 0 Å². The van der Waals surface area contributed by atoms with Gasteiger partial charge in [0.25, 0.3) is 0 Å². The molecule has 0 heterocycles. The number of hydrogen-bond acceptors (Lipinski definition) is 3. The maximum Gasteiger partial charge on any atom is 0.123 e. The van der Waals surface area contributed by atoms with Crippen LogP contribution in [0.25, 0.3) is 0 Å². The topological polar surface area (TPSA) is 15.7 Å². The highest BCUT2D eigenvalue weighted by molar-refractivity contribution is 4.65. The van der Waals surface area contributed by atoms with Crippen LogP contribution in [-0.2, 0) is 4.74 Å². The summed E-state index contributed by atoms with van der Waals surface area (Å²) >= 11 is 0. The van der Waals surface area contributed by atoms with E-state index in [0.717, 1.165) is 39.3 Å². The predicted molar refractivity (Wildman–Crippen MR) is 66.1 cm³/mol. The van der Waals surface area contributed by atoms with Crippen molar-refractivity contribution in [1.82, 2.24) is 9.80 Å². The summed E-state index contributed by atoms with van der Waals surface area (Å²) in [5.74, 6) is 0. The maximum atomic E-state index is 5.80. The van der Waals surface area contributed by atoms with Gasteiger partial charge in [-0.2, -0.15) is 0 Å². The molecule has 0 saturated carbocycles. The Balaban J connectivity index is 4.22. The summed E-state index contributed by atoms with van der Waals surface area (Å²) in [6.07, 6.45) is 0.255. The second-order valence-electron chi connectivity index (χ2n) is 3.62. The van der Waals surface area contributed by atoms with Crippen LogP contribution in [0.1, 0.15) is 34.6 Å². The molecule has 0 aliphatic heterocycles. The molecule has 0 aromatic rings. The average molecular weight is 216 g/mol. The molecule has 3 nitrogen and oxygen atoms in total. The number of nitrogens with zero attached hydrogens (tertiary/aromatic N) is 2. The van der Waals surface area contributed by atoms with Gasteiger partial charge in [-0.1, -0.05) is 27.7 Å². The second kappa shape index (κ2) is 9.13. The third kappa shape index (κ3) is 5.50. The van der Waals surface area contributed by atoms with E-state index < -0.39 is 0 Å². The molecule has 0 aliphatic rings. The summed E-state index contributed by atoms with van der Waals surface area (Å²) in [6.45, 7) is 17.0. The van der Waals surface area contributed by atoms with Crippen LogP contribution in [-0.4, -0.2) is 55.4 Å². The normalized spacial score (nSPS) is 13.8. The highest BCUT2D eigenvalue weighted by atomic mass is 16.5. The smallest absolute Gasteiger partial charge is 0.123 e. The zero-order valence-electron chi connectivity index (χ0n) is 11.1. The molecule has 3 heteroatoms. The zero-order chi connectivity index (χ0) is 11.7. The van der Waals surface area contributed by atoms with E-state index in [-0.39, 0.29) is 6.23 Å². The van der Waals surface area contributed by atoms with Gasteiger partial charge in [0.05, 0.1) is 0 Å². The van der Waals surface area contributed by atoms with Gasteiger partial charge in [-0.3, -0.25) is 9.80 Å².